The molecular formula is C10H12N2O2. The number of nitrogens with zero attached hydrogens (tertiary/aromatic N) is 2. The van der Waals surface area contributed by atoms with Crippen molar-refractivity contribution in [3.05, 3.63) is 30.1 Å². The largest absolute Gasteiger partial charge is 0.335 e. The quantitative estimate of drug-likeness (QED) is 0.660. The molecule has 4 nitrogen and oxygen atoms in total. The summed E-state index contributed by atoms with van der Waals surface area (Å²) in [6, 6.07) is 3.65. The van der Waals surface area contributed by atoms with E-state index in [-0.39, 0.29) is 0 Å². The molecule has 0 aliphatic heterocycles. The molecule has 1 aromatic heterocycles. The molecule has 0 aromatic carbocycles. The van der Waals surface area contributed by atoms with E-state index in [2.05, 4.69) is 4.98 Å². The molecular weight excluding hydrogens is 180 g/mol. The molecule has 0 atom stereocenters. The standard InChI is InChI=1S/C10H12N2O2/c1-8(13)10(14)12(2)7-9-4-3-5-11-6-9/h3-6H,7H2,1-2H3. The fourth-order valence-corrected chi connectivity index (χ4v) is 1.11. The number of rotatable bonds is 3. The van der Waals surface area contributed by atoms with Crippen molar-refractivity contribution in [3.63, 3.8) is 0 Å². The maximum absolute atomic E-state index is 11.2. The average molecular weight is 192 g/mol. The molecule has 0 saturated carbocycles. The van der Waals surface area contributed by atoms with Crippen LogP contribution in [0.25, 0.3) is 0 Å². The van der Waals surface area contributed by atoms with E-state index in [0.717, 1.165) is 5.56 Å². The van der Waals surface area contributed by atoms with E-state index < -0.39 is 11.7 Å². The Hall–Kier alpha value is -1.71. The maximum atomic E-state index is 11.2. The van der Waals surface area contributed by atoms with Crippen molar-refractivity contribution in [1.82, 2.24) is 9.88 Å². The second-order valence-corrected chi connectivity index (χ2v) is 3.08. The second-order valence-electron chi connectivity index (χ2n) is 3.08. The van der Waals surface area contributed by atoms with Gasteiger partial charge < -0.3 is 4.90 Å². The molecule has 0 aliphatic carbocycles. The van der Waals surface area contributed by atoms with Crippen molar-refractivity contribution in [2.45, 2.75) is 13.5 Å². The summed E-state index contributed by atoms with van der Waals surface area (Å²) in [6.07, 6.45) is 3.33. The summed E-state index contributed by atoms with van der Waals surface area (Å²) in [5.41, 5.74) is 0.907. The minimum atomic E-state index is -0.478. The Bertz CT molecular complexity index is 335. The summed E-state index contributed by atoms with van der Waals surface area (Å²) in [5.74, 6) is -0.926. The van der Waals surface area contributed by atoms with Crippen molar-refractivity contribution in [3.8, 4) is 0 Å². The van der Waals surface area contributed by atoms with Gasteiger partial charge in [-0.2, -0.15) is 0 Å². The van der Waals surface area contributed by atoms with E-state index in [4.69, 9.17) is 0 Å². The van der Waals surface area contributed by atoms with Crippen molar-refractivity contribution in [2.24, 2.45) is 0 Å². The monoisotopic (exact) mass is 192 g/mol. The lowest BCUT2D eigenvalue weighted by Gasteiger charge is -2.14. The number of likely N-dealkylation sites (N-methyl/N-ethyl adjacent to an activating group) is 1. The number of amides is 1. The Labute approximate surface area is 82.6 Å². The fraction of sp³-hybridized carbons (Fsp3) is 0.300. The summed E-state index contributed by atoms with van der Waals surface area (Å²) in [6.45, 7) is 1.67. The smallest absolute Gasteiger partial charge is 0.289 e. The number of aromatic nitrogens is 1. The maximum Gasteiger partial charge on any atom is 0.289 e. The van der Waals surface area contributed by atoms with Gasteiger partial charge in [0.15, 0.2) is 0 Å². The van der Waals surface area contributed by atoms with Gasteiger partial charge in [-0.1, -0.05) is 6.07 Å². The van der Waals surface area contributed by atoms with Crippen LogP contribution >= 0.6 is 0 Å². The number of hydrogen-bond donors (Lipinski definition) is 0. The van der Waals surface area contributed by atoms with Crippen LogP contribution in [-0.4, -0.2) is 28.6 Å². The van der Waals surface area contributed by atoms with Crippen molar-refractivity contribution < 1.29 is 9.59 Å². The van der Waals surface area contributed by atoms with Crippen LogP contribution in [0.15, 0.2) is 24.5 Å². The first-order chi connectivity index (χ1) is 6.61. The first kappa shape index (κ1) is 10.4. The lowest BCUT2D eigenvalue weighted by molar-refractivity contribution is -0.143. The van der Waals surface area contributed by atoms with Crippen molar-refractivity contribution in [1.29, 1.82) is 0 Å². The fourth-order valence-electron chi connectivity index (χ4n) is 1.11. The lowest BCUT2D eigenvalue weighted by Crippen LogP contribution is -2.31. The van der Waals surface area contributed by atoms with Crippen LogP contribution in [0.2, 0.25) is 0 Å². The topological polar surface area (TPSA) is 50.3 Å². The molecule has 0 unspecified atom stereocenters. The normalized spacial score (nSPS) is 9.57. The lowest BCUT2D eigenvalue weighted by atomic mass is 10.2. The molecule has 0 spiro atoms. The van der Waals surface area contributed by atoms with E-state index in [1.54, 1.807) is 25.5 Å². The van der Waals surface area contributed by atoms with Crippen LogP contribution in [-0.2, 0) is 16.1 Å². The molecule has 0 aliphatic rings. The summed E-state index contributed by atoms with van der Waals surface area (Å²) < 4.78 is 0. The van der Waals surface area contributed by atoms with Crippen molar-refractivity contribution in [2.75, 3.05) is 7.05 Å². The SMILES string of the molecule is CC(=O)C(=O)N(C)Cc1cccnc1. The molecule has 0 N–H and O–H groups in total. The van der Waals surface area contributed by atoms with Gasteiger partial charge in [0.25, 0.3) is 5.91 Å². The number of carbonyl (C=O) groups is 2. The highest BCUT2D eigenvalue weighted by molar-refractivity contribution is 6.34. The molecule has 1 aromatic rings. The van der Waals surface area contributed by atoms with E-state index in [1.807, 2.05) is 6.07 Å². The summed E-state index contributed by atoms with van der Waals surface area (Å²) in [4.78, 5) is 27.3. The Morgan fingerprint density at radius 1 is 1.50 bits per heavy atom. The van der Waals surface area contributed by atoms with Gasteiger partial charge in [0.2, 0.25) is 5.78 Å². The second kappa shape index (κ2) is 4.50. The van der Waals surface area contributed by atoms with Gasteiger partial charge in [0.05, 0.1) is 0 Å². The highest BCUT2D eigenvalue weighted by Crippen LogP contribution is 2.00. The average Bonchev–Trinajstić information content (AvgIpc) is 2.18. The number of carbonyl (C=O) groups excluding carboxylic acids is 2. The number of Topliss-reactive ketones (excluding diaryl/α,β-unsaturated/α-hetero) is 1. The summed E-state index contributed by atoms with van der Waals surface area (Å²) in [7, 11) is 1.59. The van der Waals surface area contributed by atoms with Gasteiger partial charge in [-0.05, 0) is 11.6 Å². The van der Waals surface area contributed by atoms with Crippen LogP contribution in [0, 0.1) is 0 Å². The Balaban J connectivity index is 2.62. The highest BCUT2D eigenvalue weighted by atomic mass is 16.2. The first-order valence-electron chi connectivity index (χ1n) is 4.26. The number of pyridine rings is 1. The van der Waals surface area contributed by atoms with Gasteiger partial charge in [-0.25, -0.2) is 0 Å². The Kier molecular flexibility index (Phi) is 3.34. The summed E-state index contributed by atoms with van der Waals surface area (Å²) in [5, 5.41) is 0. The molecule has 1 heterocycles. The van der Waals surface area contributed by atoms with Gasteiger partial charge in [-0.3, -0.25) is 14.6 Å². The third-order valence-corrected chi connectivity index (χ3v) is 1.79. The van der Waals surface area contributed by atoms with Crippen LogP contribution < -0.4 is 0 Å². The predicted molar refractivity (Wildman–Crippen MR) is 51.4 cm³/mol. The number of hydrogen-bond acceptors (Lipinski definition) is 3. The highest BCUT2D eigenvalue weighted by Gasteiger charge is 2.13. The minimum absolute atomic E-state index is 0.409. The van der Waals surface area contributed by atoms with Crippen LogP contribution in [0.5, 0.6) is 0 Å². The van der Waals surface area contributed by atoms with E-state index >= 15 is 0 Å². The van der Waals surface area contributed by atoms with Crippen molar-refractivity contribution >= 4 is 11.7 Å². The zero-order chi connectivity index (χ0) is 10.6. The molecule has 0 bridgehead atoms. The third-order valence-electron chi connectivity index (χ3n) is 1.79. The first-order valence-corrected chi connectivity index (χ1v) is 4.26. The molecule has 4 heteroatoms. The molecule has 14 heavy (non-hydrogen) atoms. The van der Waals surface area contributed by atoms with Crippen LogP contribution in [0.1, 0.15) is 12.5 Å². The minimum Gasteiger partial charge on any atom is -0.335 e. The summed E-state index contributed by atoms with van der Waals surface area (Å²) >= 11 is 0. The van der Waals surface area contributed by atoms with Gasteiger partial charge in [0, 0.05) is 32.9 Å². The van der Waals surface area contributed by atoms with Gasteiger partial charge >= 0.3 is 0 Å². The molecule has 0 saturated heterocycles. The van der Waals surface area contributed by atoms with Crippen LogP contribution in [0.3, 0.4) is 0 Å². The molecule has 1 amide bonds. The molecule has 1 rings (SSSR count). The molecule has 0 fully saturated rings. The Morgan fingerprint density at radius 2 is 2.21 bits per heavy atom. The van der Waals surface area contributed by atoms with Gasteiger partial charge in [-0.15, -0.1) is 0 Å². The van der Waals surface area contributed by atoms with E-state index in [0.29, 0.717) is 6.54 Å². The van der Waals surface area contributed by atoms with E-state index in [9.17, 15) is 9.59 Å². The third kappa shape index (κ3) is 2.65. The van der Waals surface area contributed by atoms with E-state index in [1.165, 1.54) is 11.8 Å². The van der Waals surface area contributed by atoms with Gasteiger partial charge in [0.1, 0.15) is 0 Å². The number of ketones is 1. The Morgan fingerprint density at radius 3 is 2.71 bits per heavy atom. The zero-order valence-electron chi connectivity index (χ0n) is 8.23. The molecule has 0 radical (unpaired) electrons. The predicted octanol–water partition coefficient (Wildman–Crippen LogP) is 0.629. The molecule has 74 valence electrons. The zero-order valence-corrected chi connectivity index (χ0v) is 8.23. The van der Waals surface area contributed by atoms with Crippen LogP contribution in [0.4, 0.5) is 0 Å².